The van der Waals surface area contributed by atoms with Crippen LogP contribution in [0.15, 0.2) is 60.9 Å². The van der Waals surface area contributed by atoms with Crippen LogP contribution in [0.3, 0.4) is 0 Å². The summed E-state index contributed by atoms with van der Waals surface area (Å²) in [5, 5.41) is 2.72. The second kappa shape index (κ2) is 6.67. The average Bonchev–Trinajstić information content (AvgIpc) is 2.59. The smallest absolute Gasteiger partial charge is 0.407 e. The van der Waals surface area contributed by atoms with Crippen LogP contribution in [-0.4, -0.2) is 16.1 Å². The van der Waals surface area contributed by atoms with Crippen LogP contribution in [0.2, 0.25) is 0 Å². The molecule has 0 saturated heterocycles. The number of rotatable bonds is 4. The van der Waals surface area contributed by atoms with Crippen molar-refractivity contribution in [2.75, 3.05) is 0 Å². The molecule has 1 N–H and O–H groups in total. The van der Waals surface area contributed by atoms with E-state index in [9.17, 15) is 4.79 Å². The molecule has 0 spiro atoms. The van der Waals surface area contributed by atoms with Gasteiger partial charge in [0.2, 0.25) is 0 Å². The van der Waals surface area contributed by atoms with E-state index in [0.29, 0.717) is 6.54 Å². The highest BCUT2D eigenvalue weighted by Crippen LogP contribution is 2.10. The van der Waals surface area contributed by atoms with Crippen LogP contribution in [0, 0.1) is 0 Å². The second-order valence-corrected chi connectivity index (χ2v) is 4.79. The number of hydrogen-bond acceptors (Lipinski definition) is 4. The van der Waals surface area contributed by atoms with E-state index in [4.69, 9.17) is 4.74 Å². The van der Waals surface area contributed by atoms with E-state index in [1.165, 1.54) is 0 Å². The first-order valence-electron chi connectivity index (χ1n) is 6.95. The van der Waals surface area contributed by atoms with E-state index in [0.717, 1.165) is 22.2 Å². The van der Waals surface area contributed by atoms with Gasteiger partial charge in [0.25, 0.3) is 0 Å². The molecule has 110 valence electrons. The third-order valence-electron chi connectivity index (χ3n) is 3.18. The van der Waals surface area contributed by atoms with Crippen LogP contribution < -0.4 is 5.32 Å². The van der Waals surface area contributed by atoms with Gasteiger partial charge in [-0.05, 0) is 23.3 Å². The number of fused-ring (bicyclic) bond motifs is 1. The highest BCUT2D eigenvalue weighted by atomic mass is 16.5. The van der Waals surface area contributed by atoms with Crippen LogP contribution in [0.25, 0.3) is 11.0 Å². The van der Waals surface area contributed by atoms with E-state index in [1.807, 2.05) is 48.5 Å². The van der Waals surface area contributed by atoms with E-state index in [2.05, 4.69) is 15.3 Å². The van der Waals surface area contributed by atoms with Crippen LogP contribution >= 0.6 is 0 Å². The zero-order valence-corrected chi connectivity index (χ0v) is 11.9. The highest BCUT2D eigenvalue weighted by molar-refractivity contribution is 5.74. The fraction of sp³-hybridized carbons (Fsp3) is 0.118. The Bertz CT molecular complexity index is 775. The molecule has 0 unspecified atom stereocenters. The lowest BCUT2D eigenvalue weighted by molar-refractivity contribution is 0.139. The molecular formula is C17H15N3O2. The van der Waals surface area contributed by atoms with Gasteiger partial charge in [0, 0.05) is 18.9 Å². The van der Waals surface area contributed by atoms with Crippen molar-refractivity contribution >= 4 is 17.1 Å². The first-order chi connectivity index (χ1) is 10.8. The quantitative estimate of drug-likeness (QED) is 0.803. The van der Waals surface area contributed by atoms with Gasteiger partial charge in [0.1, 0.15) is 6.61 Å². The second-order valence-electron chi connectivity index (χ2n) is 4.79. The number of nitrogens with zero attached hydrogens (tertiary/aromatic N) is 2. The van der Waals surface area contributed by atoms with Crippen molar-refractivity contribution in [2.24, 2.45) is 0 Å². The summed E-state index contributed by atoms with van der Waals surface area (Å²) >= 11 is 0. The monoisotopic (exact) mass is 293 g/mol. The molecule has 0 saturated carbocycles. The Kier molecular flexibility index (Phi) is 4.25. The van der Waals surface area contributed by atoms with Crippen molar-refractivity contribution in [1.82, 2.24) is 15.3 Å². The number of carbonyl (C=O) groups is 1. The Morgan fingerprint density at radius 1 is 0.955 bits per heavy atom. The standard InChI is InChI=1S/C17H15N3O2/c21-17(22-12-13-4-2-1-3-5-13)20-11-14-6-7-15-16(10-14)19-9-8-18-15/h1-10H,11-12H2,(H,20,21). The Hall–Kier alpha value is -2.95. The molecular weight excluding hydrogens is 278 g/mol. The molecule has 5 nitrogen and oxygen atoms in total. The fourth-order valence-corrected chi connectivity index (χ4v) is 2.07. The highest BCUT2D eigenvalue weighted by Gasteiger charge is 2.04. The fourth-order valence-electron chi connectivity index (χ4n) is 2.07. The molecule has 0 radical (unpaired) electrons. The molecule has 0 aliphatic heterocycles. The zero-order chi connectivity index (χ0) is 15.2. The maximum Gasteiger partial charge on any atom is 0.407 e. The summed E-state index contributed by atoms with van der Waals surface area (Å²) < 4.78 is 5.16. The van der Waals surface area contributed by atoms with Crippen LogP contribution in [0.4, 0.5) is 4.79 Å². The molecule has 1 aromatic heterocycles. The Labute approximate surface area is 128 Å². The van der Waals surface area contributed by atoms with Gasteiger partial charge in [-0.3, -0.25) is 9.97 Å². The Balaban J connectivity index is 1.53. The lowest BCUT2D eigenvalue weighted by atomic mass is 10.2. The van der Waals surface area contributed by atoms with Gasteiger partial charge in [-0.1, -0.05) is 36.4 Å². The average molecular weight is 293 g/mol. The summed E-state index contributed by atoms with van der Waals surface area (Å²) in [6, 6.07) is 15.3. The molecule has 1 heterocycles. The summed E-state index contributed by atoms with van der Waals surface area (Å²) in [7, 11) is 0. The lowest BCUT2D eigenvalue weighted by Gasteiger charge is -2.07. The molecule has 0 aliphatic rings. The van der Waals surface area contributed by atoms with Gasteiger partial charge in [0.15, 0.2) is 0 Å². The first-order valence-corrected chi connectivity index (χ1v) is 6.95. The van der Waals surface area contributed by atoms with E-state index >= 15 is 0 Å². The first kappa shape index (κ1) is 14.0. The maximum absolute atomic E-state index is 11.7. The van der Waals surface area contributed by atoms with E-state index in [-0.39, 0.29) is 6.61 Å². The Morgan fingerprint density at radius 3 is 2.55 bits per heavy atom. The molecule has 1 amide bonds. The van der Waals surface area contributed by atoms with Crippen molar-refractivity contribution in [3.63, 3.8) is 0 Å². The molecule has 3 rings (SSSR count). The number of nitrogens with one attached hydrogen (secondary N) is 1. The molecule has 0 aliphatic carbocycles. The minimum atomic E-state index is -0.442. The zero-order valence-electron chi connectivity index (χ0n) is 11.9. The van der Waals surface area contributed by atoms with E-state index < -0.39 is 6.09 Å². The van der Waals surface area contributed by atoms with Gasteiger partial charge in [-0.25, -0.2) is 4.79 Å². The Morgan fingerprint density at radius 2 is 1.73 bits per heavy atom. The minimum Gasteiger partial charge on any atom is -0.445 e. The SMILES string of the molecule is O=C(NCc1ccc2nccnc2c1)OCc1ccccc1. The summed E-state index contributed by atoms with van der Waals surface area (Å²) in [5.41, 5.74) is 3.54. The summed E-state index contributed by atoms with van der Waals surface area (Å²) in [5.74, 6) is 0. The molecule has 22 heavy (non-hydrogen) atoms. The van der Waals surface area contributed by atoms with Crippen LogP contribution in [-0.2, 0) is 17.9 Å². The number of benzene rings is 2. The molecule has 0 atom stereocenters. The van der Waals surface area contributed by atoms with Gasteiger partial charge < -0.3 is 10.1 Å². The number of ether oxygens (including phenoxy) is 1. The summed E-state index contributed by atoms with van der Waals surface area (Å²) in [4.78, 5) is 20.1. The summed E-state index contributed by atoms with van der Waals surface area (Å²) in [6.07, 6.45) is 2.86. The number of aromatic nitrogens is 2. The minimum absolute atomic E-state index is 0.260. The van der Waals surface area contributed by atoms with Crippen molar-refractivity contribution in [3.05, 3.63) is 72.1 Å². The molecule has 0 fully saturated rings. The number of amides is 1. The third kappa shape index (κ3) is 3.58. The predicted octanol–water partition coefficient (Wildman–Crippen LogP) is 3.06. The van der Waals surface area contributed by atoms with Crippen molar-refractivity contribution in [1.29, 1.82) is 0 Å². The van der Waals surface area contributed by atoms with Crippen LogP contribution in [0.5, 0.6) is 0 Å². The van der Waals surface area contributed by atoms with Crippen molar-refractivity contribution < 1.29 is 9.53 Å². The summed E-state index contributed by atoms with van der Waals surface area (Å²) in [6.45, 7) is 0.649. The number of alkyl carbamates (subject to hydrolysis) is 1. The normalized spacial score (nSPS) is 10.4. The number of carbonyl (C=O) groups excluding carboxylic acids is 1. The molecule has 5 heteroatoms. The van der Waals surface area contributed by atoms with Crippen molar-refractivity contribution in [3.8, 4) is 0 Å². The molecule has 0 bridgehead atoms. The van der Waals surface area contributed by atoms with Crippen LogP contribution in [0.1, 0.15) is 11.1 Å². The number of hydrogen-bond donors (Lipinski definition) is 1. The lowest BCUT2D eigenvalue weighted by Crippen LogP contribution is -2.23. The molecule has 2 aromatic carbocycles. The third-order valence-corrected chi connectivity index (χ3v) is 3.18. The van der Waals surface area contributed by atoms with Crippen molar-refractivity contribution in [2.45, 2.75) is 13.2 Å². The van der Waals surface area contributed by atoms with Gasteiger partial charge in [-0.2, -0.15) is 0 Å². The topological polar surface area (TPSA) is 64.1 Å². The van der Waals surface area contributed by atoms with Gasteiger partial charge in [0.05, 0.1) is 11.0 Å². The van der Waals surface area contributed by atoms with Gasteiger partial charge >= 0.3 is 6.09 Å². The molecule has 3 aromatic rings. The maximum atomic E-state index is 11.7. The predicted molar refractivity (Wildman–Crippen MR) is 83.0 cm³/mol. The van der Waals surface area contributed by atoms with E-state index in [1.54, 1.807) is 12.4 Å². The largest absolute Gasteiger partial charge is 0.445 e. The van der Waals surface area contributed by atoms with Gasteiger partial charge in [-0.15, -0.1) is 0 Å².